The zero-order valence-corrected chi connectivity index (χ0v) is 12.9. The van der Waals surface area contributed by atoms with Crippen LogP contribution in [0.1, 0.15) is 5.89 Å². The highest BCUT2D eigenvalue weighted by molar-refractivity contribution is 7.99. The number of methoxy groups -OCH3 is 1. The Bertz CT molecular complexity index is 604. The van der Waals surface area contributed by atoms with E-state index in [9.17, 15) is 9.18 Å². The van der Waals surface area contributed by atoms with E-state index in [1.165, 1.54) is 23.9 Å². The van der Waals surface area contributed by atoms with Crippen molar-refractivity contribution in [3.05, 3.63) is 36.0 Å². The molecule has 0 unspecified atom stereocenters. The molecule has 1 aromatic heterocycles. The van der Waals surface area contributed by atoms with E-state index in [4.69, 9.17) is 9.26 Å². The van der Waals surface area contributed by atoms with Crippen molar-refractivity contribution in [2.24, 2.45) is 0 Å². The maximum Gasteiger partial charge on any atom is 0.236 e. The number of ether oxygens (including phenoxy) is 1. The van der Waals surface area contributed by atoms with Crippen molar-refractivity contribution in [3.63, 3.8) is 0 Å². The molecule has 2 rings (SSSR count). The Morgan fingerprint density at radius 1 is 1.41 bits per heavy atom. The Balaban J connectivity index is 1.78. The standard InChI is InChI=1S/C14H16FN3O3S/c1-20-7-6-16-12(19)8-22-9-13-17-14(18-21-13)10-2-4-11(15)5-3-10/h2-5H,6-9H2,1H3,(H,16,19). The lowest BCUT2D eigenvalue weighted by atomic mass is 10.2. The second-order valence-corrected chi connectivity index (χ2v) is 5.34. The Morgan fingerprint density at radius 3 is 2.91 bits per heavy atom. The molecule has 2 aromatic rings. The van der Waals surface area contributed by atoms with Crippen LogP contribution in [-0.4, -0.2) is 42.1 Å². The van der Waals surface area contributed by atoms with Gasteiger partial charge in [-0.1, -0.05) is 5.16 Å². The number of nitrogens with one attached hydrogen (secondary N) is 1. The largest absolute Gasteiger partial charge is 0.383 e. The van der Waals surface area contributed by atoms with Gasteiger partial charge in [0.25, 0.3) is 0 Å². The van der Waals surface area contributed by atoms with Gasteiger partial charge in [0.2, 0.25) is 17.6 Å². The number of benzene rings is 1. The summed E-state index contributed by atoms with van der Waals surface area (Å²) in [6.45, 7) is 0.978. The zero-order chi connectivity index (χ0) is 15.8. The minimum atomic E-state index is -0.317. The number of rotatable bonds is 8. The first-order chi connectivity index (χ1) is 10.7. The van der Waals surface area contributed by atoms with E-state index < -0.39 is 0 Å². The number of amides is 1. The average Bonchev–Trinajstić information content (AvgIpc) is 2.97. The second-order valence-electron chi connectivity index (χ2n) is 4.35. The maximum atomic E-state index is 12.8. The van der Waals surface area contributed by atoms with Crippen LogP contribution < -0.4 is 5.32 Å². The molecule has 6 nitrogen and oxygen atoms in total. The third-order valence-corrected chi connectivity index (χ3v) is 3.57. The molecular weight excluding hydrogens is 309 g/mol. The number of hydrogen-bond acceptors (Lipinski definition) is 6. The highest BCUT2D eigenvalue weighted by Gasteiger charge is 2.09. The lowest BCUT2D eigenvalue weighted by Crippen LogP contribution is -2.28. The summed E-state index contributed by atoms with van der Waals surface area (Å²) < 4.78 is 22.8. The fraction of sp³-hybridized carbons (Fsp3) is 0.357. The molecule has 0 aliphatic rings. The Morgan fingerprint density at radius 2 is 2.18 bits per heavy atom. The summed E-state index contributed by atoms with van der Waals surface area (Å²) in [6, 6.07) is 5.84. The van der Waals surface area contributed by atoms with Gasteiger partial charge in [0.15, 0.2) is 0 Å². The predicted octanol–water partition coefficient (Wildman–Crippen LogP) is 1.87. The summed E-state index contributed by atoms with van der Waals surface area (Å²) in [4.78, 5) is 15.7. The van der Waals surface area contributed by atoms with Crippen LogP contribution in [0.2, 0.25) is 0 Å². The summed E-state index contributed by atoms with van der Waals surface area (Å²) in [5, 5.41) is 6.55. The van der Waals surface area contributed by atoms with Crippen LogP contribution in [0.3, 0.4) is 0 Å². The molecule has 1 aromatic carbocycles. The maximum absolute atomic E-state index is 12.8. The number of nitrogens with zero attached hydrogens (tertiary/aromatic N) is 2. The molecule has 118 valence electrons. The van der Waals surface area contributed by atoms with Crippen molar-refractivity contribution < 1.29 is 18.4 Å². The second kappa shape index (κ2) is 8.50. The molecule has 0 saturated heterocycles. The smallest absolute Gasteiger partial charge is 0.236 e. The van der Waals surface area contributed by atoms with Gasteiger partial charge in [0.05, 0.1) is 18.1 Å². The van der Waals surface area contributed by atoms with Gasteiger partial charge in [0.1, 0.15) is 5.82 Å². The van der Waals surface area contributed by atoms with Crippen LogP contribution in [0.15, 0.2) is 28.8 Å². The third kappa shape index (κ3) is 5.12. The highest BCUT2D eigenvalue weighted by Crippen LogP contribution is 2.18. The van der Waals surface area contributed by atoms with Gasteiger partial charge in [-0.25, -0.2) is 4.39 Å². The van der Waals surface area contributed by atoms with Crippen molar-refractivity contribution in [2.75, 3.05) is 26.0 Å². The third-order valence-electron chi connectivity index (χ3n) is 2.66. The topological polar surface area (TPSA) is 77.2 Å². The van der Waals surface area contributed by atoms with Crippen LogP contribution in [0.25, 0.3) is 11.4 Å². The molecule has 0 saturated carbocycles. The van der Waals surface area contributed by atoms with Crippen LogP contribution in [-0.2, 0) is 15.3 Å². The molecule has 0 aliphatic carbocycles. The van der Waals surface area contributed by atoms with E-state index in [0.717, 1.165) is 0 Å². The molecule has 22 heavy (non-hydrogen) atoms. The molecule has 0 bridgehead atoms. The Kier molecular flexibility index (Phi) is 6.35. The average molecular weight is 325 g/mol. The van der Waals surface area contributed by atoms with E-state index in [0.29, 0.717) is 41.9 Å². The molecule has 1 amide bonds. The highest BCUT2D eigenvalue weighted by atomic mass is 32.2. The van der Waals surface area contributed by atoms with Crippen LogP contribution >= 0.6 is 11.8 Å². The number of thioether (sulfide) groups is 1. The number of carbonyl (C=O) groups is 1. The van der Waals surface area contributed by atoms with Crippen molar-refractivity contribution >= 4 is 17.7 Å². The van der Waals surface area contributed by atoms with E-state index in [-0.39, 0.29) is 11.7 Å². The fourth-order valence-corrected chi connectivity index (χ4v) is 2.29. The van der Waals surface area contributed by atoms with Crippen molar-refractivity contribution in [3.8, 4) is 11.4 Å². The van der Waals surface area contributed by atoms with Gasteiger partial charge in [-0.3, -0.25) is 4.79 Å². The number of halogens is 1. The zero-order valence-electron chi connectivity index (χ0n) is 12.0. The normalized spacial score (nSPS) is 10.6. The summed E-state index contributed by atoms with van der Waals surface area (Å²) in [7, 11) is 1.58. The monoisotopic (exact) mass is 325 g/mol. The lowest BCUT2D eigenvalue weighted by molar-refractivity contribution is -0.118. The Labute approximate surface area is 131 Å². The van der Waals surface area contributed by atoms with Gasteiger partial charge in [-0.15, -0.1) is 11.8 Å². The molecule has 0 atom stereocenters. The van der Waals surface area contributed by atoms with Crippen LogP contribution in [0, 0.1) is 5.82 Å². The number of hydrogen-bond donors (Lipinski definition) is 1. The first kappa shape index (κ1) is 16.4. The molecule has 0 radical (unpaired) electrons. The molecule has 0 aliphatic heterocycles. The molecule has 1 N–H and O–H groups in total. The van der Waals surface area contributed by atoms with Gasteiger partial charge >= 0.3 is 0 Å². The van der Waals surface area contributed by atoms with Gasteiger partial charge in [-0.05, 0) is 24.3 Å². The predicted molar refractivity (Wildman–Crippen MR) is 80.7 cm³/mol. The molecule has 1 heterocycles. The van der Waals surface area contributed by atoms with E-state index >= 15 is 0 Å². The fourth-order valence-electron chi connectivity index (χ4n) is 1.60. The summed E-state index contributed by atoms with van der Waals surface area (Å²) in [6.07, 6.45) is 0. The van der Waals surface area contributed by atoms with Gasteiger partial charge < -0.3 is 14.6 Å². The molecule has 0 fully saturated rings. The van der Waals surface area contributed by atoms with E-state index in [2.05, 4.69) is 15.5 Å². The van der Waals surface area contributed by atoms with Gasteiger partial charge in [-0.2, -0.15) is 4.98 Å². The molecule has 0 spiro atoms. The summed E-state index contributed by atoms with van der Waals surface area (Å²) in [5.74, 6) is 1.18. The quantitative estimate of drug-likeness (QED) is 0.747. The van der Waals surface area contributed by atoms with E-state index in [1.54, 1.807) is 19.2 Å². The lowest BCUT2D eigenvalue weighted by Gasteiger charge is -2.02. The number of carbonyl (C=O) groups excluding carboxylic acids is 1. The molecular formula is C14H16FN3O3S. The van der Waals surface area contributed by atoms with Crippen LogP contribution in [0.5, 0.6) is 0 Å². The van der Waals surface area contributed by atoms with Crippen LogP contribution in [0.4, 0.5) is 4.39 Å². The van der Waals surface area contributed by atoms with Crippen molar-refractivity contribution in [1.82, 2.24) is 15.5 Å². The van der Waals surface area contributed by atoms with Crippen molar-refractivity contribution in [2.45, 2.75) is 5.75 Å². The van der Waals surface area contributed by atoms with E-state index in [1.807, 2.05) is 0 Å². The van der Waals surface area contributed by atoms with Gasteiger partial charge in [0, 0.05) is 19.2 Å². The minimum Gasteiger partial charge on any atom is -0.383 e. The Hall–Kier alpha value is -1.93. The molecule has 8 heteroatoms. The SMILES string of the molecule is COCCNC(=O)CSCc1nc(-c2ccc(F)cc2)no1. The van der Waals surface area contributed by atoms with Crippen molar-refractivity contribution in [1.29, 1.82) is 0 Å². The minimum absolute atomic E-state index is 0.0691. The first-order valence-corrected chi connectivity index (χ1v) is 7.76. The summed E-state index contributed by atoms with van der Waals surface area (Å²) in [5.41, 5.74) is 0.679. The summed E-state index contributed by atoms with van der Waals surface area (Å²) >= 11 is 1.37. The number of aromatic nitrogens is 2. The first-order valence-electron chi connectivity index (χ1n) is 6.61.